The summed E-state index contributed by atoms with van der Waals surface area (Å²) in [5, 5.41) is 3.73. The van der Waals surface area contributed by atoms with Crippen molar-refractivity contribution < 1.29 is 0 Å². The zero-order valence-corrected chi connectivity index (χ0v) is 10.2. The second-order valence-corrected chi connectivity index (χ2v) is 4.10. The maximum atomic E-state index is 5.99. The lowest BCUT2D eigenvalue weighted by Gasteiger charge is -1.95. The molecule has 1 rings (SSSR count). The van der Waals surface area contributed by atoms with Crippen molar-refractivity contribution in [2.75, 3.05) is 13.6 Å². The first kappa shape index (κ1) is 11.6. The molecule has 1 aromatic carbocycles. The van der Waals surface area contributed by atoms with Crippen LogP contribution in [0, 0.1) is 11.8 Å². The topological polar surface area (TPSA) is 12.0 Å². The molecule has 0 saturated carbocycles. The Balaban J connectivity index is 2.70. The van der Waals surface area contributed by atoms with Crippen molar-refractivity contribution in [1.82, 2.24) is 5.32 Å². The summed E-state index contributed by atoms with van der Waals surface area (Å²) in [7, 11) is 1.91. The molecule has 0 radical (unpaired) electrons. The minimum atomic E-state index is 0.691. The number of rotatable bonds is 2. The summed E-state index contributed by atoms with van der Waals surface area (Å²) in [6.07, 6.45) is 0.836. The molecular formula is C11H11BrClN. The van der Waals surface area contributed by atoms with Crippen molar-refractivity contribution in [2.24, 2.45) is 0 Å². The van der Waals surface area contributed by atoms with Crippen LogP contribution in [-0.2, 0) is 0 Å². The summed E-state index contributed by atoms with van der Waals surface area (Å²) in [5.74, 6) is 6.08. The highest BCUT2D eigenvalue weighted by Gasteiger charge is 1.96. The Bertz CT molecular complexity index is 365. The van der Waals surface area contributed by atoms with E-state index in [-0.39, 0.29) is 0 Å². The van der Waals surface area contributed by atoms with Crippen LogP contribution < -0.4 is 5.32 Å². The molecule has 0 aromatic heterocycles. The quantitative estimate of drug-likeness (QED) is 0.644. The second kappa shape index (κ2) is 6.08. The van der Waals surface area contributed by atoms with E-state index in [0.717, 1.165) is 23.0 Å². The number of nitrogens with one attached hydrogen (secondary N) is 1. The fourth-order valence-electron chi connectivity index (χ4n) is 0.936. The third-order valence-electron chi connectivity index (χ3n) is 1.65. The van der Waals surface area contributed by atoms with Crippen molar-refractivity contribution in [3.05, 3.63) is 33.3 Å². The van der Waals surface area contributed by atoms with E-state index in [9.17, 15) is 0 Å². The monoisotopic (exact) mass is 271 g/mol. The third kappa shape index (κ3) is 3.71. The van der Waals surface area contributed by atoms with Gasteiger partial charge in [-0.2, -0.15) is 0 Å². The van der Waals surface area contributed by atoms with E-state index in [1.54, 1.807) is 0 Å². The summed E-state index contributed by atoms with van der Waals surface area (Å²) >= 11 is 9.34. The molecule has 74 valence electrons. The van der Waals surface area contributed by atoms with Crippen molar-refractivity contribution in [3.63, 3.8) is 0 Å². The number of hydrogen-bond donors (Lipinski definition) is 1. The van der Waals surface area contributed by atoms with Gasteiger partial charge in [-0.1, -0.05) is 39.4 Å². The standard InChI is InChI=1S/C11H11BrClN/c1-14-7-3-2-4-9-5-6-10(12)8-11(9)13/h5-6,8,14H,3,7H2,1H3. The van der Waals surface area contributed by atoms with E-state index in [2.05, 4.69) is 33.1 Å². The molecule has 0 saturated heterocycles. The molecule has 0 spiro atoms. The molecule has 0 aliphatic heterocycles. The second-order valence-electron chi connectivity index (χ2n) is 2.78. The average molecular weight is 273 g/mol. The molecular weight excluding hydrogens is 261 g/mol. The lowest BCUT2D eigenvalue weighted by molar-refractivity contribution is 0.818. The normalized spacial score (nSPS) is 9.36. The lowest BCUT2D eigenvalue weighted by Crippen LogP contribution is -2.05. The zero-order chi connectivity index (χ0) is 10.4. The Morgan fingerprint density at radius 3 is 2.93 bits per heavy atom. The Labute approximate surface area is 98.0 Å². The highest BCUT2D eigenvalue weighted by molar-refractivity contribution is 9.10. The summed E-state index contributed by atoms with van der Waals surface area (Å²) in [6.45, 7) is 0.904. The fourth-order valence-corrected chi connectivity index (χ4v) is 1.66. The zero-order valence-electron chi connectivity index (χ0n) is 7.90. The maximum Gasteiger partial charge on any atom is 0.0573 e. The van der Waals surface area contributed by atoms with Gasteiger partial charge >= 0.3 is 0 Å². The number of hydrogen-bond acceptors (Lipinski definition) is 1. The van der Waals surface area contributed by atoms with Gasteiger partial charge in [-0.3, -0.25) is 0 Å². The van der Waals surface area contributed by atoms with Gasteiger partial charge in [0.25, 0.3) is 0 Å². The summed E-state index contributed by atoms with van der Waals surface area (Å²) in [5.41, 5.74) is 0.881. The molecule has 0 heterocycles. The molecule has 1 N–H and O–H groups in total. The largest absolute Gasteiger partial charge is 0.319 e. The highest BCUT2D eigenvalue weighted by Crippen LogP contribution is 2.20. The molecule has 1 nitrogen and oxygen atoms in total. The van der Waals surface area contributed by atoms with Crippen LogP contribution >= 0.6 is 27.5 Å². The minimum Gasteiger partial charge on any atom is -0.319 e. The number of benzene rings is 1. The predicted octanol–water partition coefficient (Wildman–Crippen LogP) is 3.06. The van der Waals surface area contributed by atoms with Crippen molar-refractivity contribution in [3.8, 4) is 11.8 Å². The van der Waals surface area contributed by atoms with E-state index in [1.807, 2.05) is 25.2 Å². The smallest absolute Gasteiger partial charge is 0.0573 e. The first-order chi connectivity index (χ1) is 6.74. The van der Waals surface area contributed by atoms with E-state index < -0.39 is 0 Å². The van der Waals surface area contributed by atoms with E-state index >= 15 is 0 Å². The SMILES string of the molecule is CNCCC#Cc1ccc(Br)cc1Cl. The molecule has 14 heavy (non-hydrogen) atoms. The fraction of sp³-hybridized carbons (Fsp3) is 0.273. The first-order valence-corrected chi connectivity index (χ1v) is 5.49. The van der Waals surface area contributed by atoms with Crippen LogP contribution in [0.4, 0.5) is 0 Å². The first-order valence-electron chi connectivity index (χ1n) is 4.32. The van der Waals surface area contributed by atoms with E-state index in [1.165, 1.54) is 0 Å². The Kier molecular flexibility index (Phi) is 5.03. The van der Waals surface area contributed by atoms with Gasteiger partial charge in [0.2, 0.25) is 0 Å². The van der Waals surface area contributed by atoms with Gasteiger partial charge in [-0.25, -0.2) is 0 Å². The maximum absolute atomic E-state index is 5.99. The van der Waals surface area contributed by atoms with Crippen LogP contribution in [0.25, 0.3) is 0 Å². The molecule has 0 unspecified atom stereocenters. The molecule has 0 fully saturated rings. The van der Waals surface area contributed by atoms with Crippen molar-refractivity contribution in [1.29, 1.82) is 0 Å². The van der Waals surface area contributed by atoms with Gasteiger partial charge < -0.3 is 5.32 Å². The van der Waals surface area contributed by atoms with Gasteiger partial charge in [-0.05, 0) is 25.2 Å². The van der Waals surface area contributed by atoms with E-state index in [4.69, 9.17) is 11.6 Å². The molecule has 0 aliphatic rings. The van der Waals surface area contributed by atoms with Gasteiger partial charge in [0.1, 0.15) is 0 Å². The molecule has 0 bridgehead atoms. The van der Waals surface area contributed by atoms with Gasteiger partial charge in [0.15, 0.2) is 0 Å². The molecule has 3 heteroatoms. The van der Waals surface area contributed by atoms with Crippen molar-refractivity contribution in [2.45, 2.75) is 6.42 Å². The minimum absolute atomic E-state index is 0.691. The highest BCUT2D eigenvalue weighted by atomic mass is 79.9. The van der Waals surface area contributed by atoms with Crippen LogP contribution in [0.15, 0.2) is 22.7 Å². The van der Waals surface area contributed by atoms with Crippen LogP contribution in [0.1, 0.15) is 12.0 Å². The predicted molar refractivity (Wildman–Crippen MR) is 64.6 cm³/mol. The summed E-state index contributed by atoms with van der Waals surface area (Å²) < 4.78 is 0.975. The van der Waals surface area contributed by atoms with Crippen LogP contribution in [0.2, 0.25) is 5.02 Å². The Morgan fingerprint density at radius 1 is 1.50 bits per heavy atom. The summed E-state index contributed by atoms with van der Waals surface area (Å²) in [6, 6.07) is 5.70. The van der Waals surface area contributed by atoms with Crippen LogP contribution in [-0.4, -0.2) is 13.6 Å². The molecule has 1 aromatic rings. The molecule has 0 amide bonds. The lowest BCUT2D eigenvalue weighted by atomic mass is 10.2. The molecule has 0 aliphatic carbocycles. The third-order valence-corrected chi connectivity index (χ3v) is 2.46. The number of halogens is 2. The Hall–Kier alpha value is -0.490. The molecule has 0 atom stereocenters. The van der Waals surface area contributed by atoms with Gasteiger partial charge in [-0.15, -0.1) is 0 Å². The van der Waals surface area contributed by atoms with Gasteiger partial charge in [0, 0.05) is 23.0 Å². The summed E-state index contributed by atoms with van der Waals surface area (Å²) in [4.78, 5) is 0. The Morgan fingerprint density at radius 2 is 2.29 bits per heavy atom. The van der Waals surface area contributed by atoms with Crippen LogP contribution in [0.5, 0.6) is 0 Å². The van der Waals surface area contributed by atoms with Crippen molar-refractivity contribution >= 4 is 27.5 Å². The van der Waals surface area contributed by atoms with E-state index in [0.29, 0.717) is 5.02 Å². The average Bonchev–Trinajstić information content (AvgIpc) is 2.15. The van der Waals surface area contributed by atoms with Crippen LogP contribution in [0.3, 0.4) is 0 Å². The van der Waals surface area contributed by atoms with Gasteiger partial charge in [0.05, 0.1) is 5.02 Å².